The Balaban J connectivity index is 1.89. The first kappa shape index (κ1) is 8.45. The predicted molar refractivity (Wildman–Crippen MR) is 52.9 cm³/mol. The molecule has 1 heterocycles. The van der Waals surface area contributed by atoms with E-state index in [0.29, 0.717) is 0 Å². The Morgan fingerprint density at radius 1 is 1.29 bits per heavy atom. The summed E-state index contributed by atoms with van der Waals surface area (Å²) in [7, 11) is 0. The van der Waals surface area contributed by atoms with Crippen molar-refractivity contribution in [3.63, 3.8) is 0 Å². The minimum absolute atomic E-state index is 0.0869. The van der Waals surface area contributed by atoms with Gasteiger partial charge in [-0.2, -0.15) is 0 Å². The zero-order valence-corrected chi connectivity index (χ0v) is 8.02. The van der Waals surface area contributed by atoms with E-state index in [4.69, 9.17) is 4.74 Å². The van der Waals surface area contributed by atoms with Crippen molar-refractivity contribution >= 4 is 0 Å². The zero-order valence-electron chi connectivity index (χ0n) is 8.02. The van der Waals surface area contributed by atoms with Crippen LogP contribution in [0.2, 0.25) is 0 Å². The number of fused-ring (bicyclic) bond motifs is 1. The highest BCUT2D eigenvalue weighted by Gasteiger charge is 2.58. The van der Waals surface area contributed by atoms with Crippen LogP contribution in [-0.4, -0.2) is 16.8 Å². The van der Waals surface area contributed by atoms with E-state index in [9.17, 15) is 5.11 Å². The van der Waals surface area contributed by atoms with E-state index in [1.807, 2.05) is 30.3 Å². The Morgan fingerprint density at radius 3 is 2.79 bits per heavy atom. The van der Waals surface area contributed by atoms with Crippen molar-refractivity contribution in [1.82, 2.24) is 0 Å². The maximum absolute atomic E-state index is 10.3. The van der Waals surface area contributed by atoms with Crippen LogP contribution in [0, 0.1) is 0 Å². The quantitative estimate of drug-likeness (QED) is 0.734. The average Bonchev–Trinajstić information content (AvgIpc) is 2.48. The standard InChI is InChI=1S/C12H14O2/c13-12-8-4-7-10(12)14-11(12)9-5-2-1-3-6-9/h1-3,5-6,10-11,13H,4,7-8H2/t10-,11-,12-/m1/s1. The topological polar surface area (TPSA) is 29.5 Å². The average molecular weight is 190 g/mol. The molecule has 74 valence electrons. The summed E-state index contributed by atoms with van der Waals surface area (Å²) in [5.74, 6) is 0. The summed E-state index contributed by atoms with van der Waals surface area (Å²) in [6.45, 7) is 0. The zero-order chi connectivity index (χ0) is 9.60. The molecule has 1 aromatic carbocycles. The monoisotopic (exact) mass is 190 g/mol. The number of rotatable bonds is 1. The highest BCUT2D eigenvalue weighted by atomic mass is 16.6. The number of aliphatic hydroxyl groups is 1. The second-order valence-electron chi connectivity index (χ2n) is 4.30. The lowest BCUT2D eigenvalue weighted by Gasteiger charge is -2.48. The second kappa shape index (κ2) is 2.81. The SMILES string of the molecule is O[C@]12CCC[C@H]1O[C@@H]2c1ccccc1. The first-order valence-corrected chi connectivity index (χ1v) is 5.23. The fraction of sp³-hybridized carbons (Fsp3) is 0.500. The van der Waals surface area contributed by atoms with Gasteiger partial charge in [0.1, 0.15) is 11.7 Å². The molecule has 0 aromatic heterocycles. The molecule has 3 atom stereocenters. The molecule has 1 saturated carbocycles. The van der Waals surface area contributed by atoms with Gasteiger partial charge in [0.15, 0.2) is 0 Å². The van der Waals surface area contributed by atoms with Crippen molar-refractivity contribution in [2.75, 3.05) is 0 Å². The Morgan fingerprint density at radius 2 is 2.07 bits per heavy atom. The van der Waals surface area contributed by atoms with Gasteiger partial charge in [0.2, 0.25) is 0 Å². The molecule has 1 aromatic rings. The molecule has 2 heteroatoms. The summed E-state index contributed by atoms with van der Waals surface area (Å²) in [5.41, 5.74) is 0.537. The van der Waals surface area contributed by atoms with E-state index in [2.05, 4.69) is 0 Å². The summed E-state index contributed by atoms with van der Waals surface area (Å²) < 4.78 is 5.70. The van der Waals surface area contributed by atoms with Crippen LogP contribution >= 0.6 is 0 Å². The molecule has 1 aliphatic carbocycles. The largest absolute Gasteiger partial charge is 0.384 e. The predicted octanol–water partition coefficient (Wildman–Crippen LogP) is 2.04. The molecule has 1 aliphatic heterocycles. The first-order valence-electron chi connectivity index (χ1n) is 5.23. The Bertz CT molecular complexity index is 335. The van der Waals surface area contributed by atoms with Gasteiger partial charge in [0.05, 0.1) is 6.10 Å². The third-order valence-electron chi connectivity index (χ3n) is 3.46. The van der Waals surface area contributed by atoms with Gasteiger partial charge in [-0.15, -0.1) is 0 Å². The molecular weight excluding hydrogens is 176 g/mol. The van der Waals surface area contributed by atoms with Gasteiger partial charge in [-0.25, -0.2) is 0 Å². The van der Waals surface area contributed by atoms with E-state index in [-0.39, 0.29) is 12.2 Å². The highest BCUT2D eigenvalue weighted by molar-refractivity contribution is 5.25. The number of ether oxygens (including phenoxy) is 1. The summed E-state index contributed by atoms with van der Waals surface area (Å²) in [4.78, 5) is 0. The lowest BCUT2D eigenvalue weighted by atomic mass is 9.82. The number of hydrogen-bond acceptors (Lipinski definition) is 2. The lowest BCUT2D eigenvalue weighted by molar-refractivity contribution is -0.280. The molecule has 3 rings (SSSR count). The van der Waals surface area contributed by atoms with Crippen molar-refractivity contribution in [2.45, 2.75) is 37.1 Å². The molecule has 0 unspecified atom stereocenters. The van der Waals surface area contributed by atoms with Crippen molar-refractivity contribution in [3.8, 4) is 0 Å². The number of hydrogen-bond donors (Lipinski definition) is 1. The van der Waals surface area contributed by atoms with Crippen LogP contribution in [0.15, 0.2) is 30.3 Å². The van der Waals surface area contributed by atoms with Gasteiger partial charge in [-0.1, -0.05) is 30.3 Å². The van der Waals surface area contributed by atoms with Crippen LogP contribution in [-0.2, 0) is 4.74 Å². The molecule has 1 saturated heterocycles. The molecule has 2 aliphatic rings. The van der Waals surface area contributed by atoms with Crippen LogP contribution < -0.4 is 0 Å². The molecule has 0 amide bonds. The minimum Gasteiger partial charge on any atom is -0.384 e. The van der Waals surface area contributed by atoms with Crippen molar-refractivity contribution < 1.29 is 9.84 Å². The fourth-order valence-electron chi connectivity index (χ4n) is 2.67. The minimum atomic E-state index is -0.568. The molecular formula is C12H14O2. The Labute approximate surface area is 83.5 Å². The van der Waals surface area contributed by atoms with Crippen LogP contribution in [0.5, 0.6) is 0 Å². The third-order valence-corrected chi connectivity index (χ3v) is 3.46. The van der Waals surface area contributed by atoms with Gasteiger partial charge < -0.3 is 9.84 Å². The summed E-state index contributed by atoms with van der Waals surface area (Å²) in [6, 6.07) is 10.0. The van der Waals surface area contributed by atoms with Crippen molar-refractivity contribution in [3.05, 3.63) is 35.9 Å². The molecule has 1 N–H and O–H groups in total. The smallest absolute Gasteiger partial charge is 0.121 e. The Kier molecular flexibility index (Phi) is 1.70. The second-order valence-corrected chi connectivity index (χ2v) is 4.30. The summed E-state index contributed by atoms with van der Waals surface area (Å²) in [6.07, 6.45) is 2.99. The van der Waals surface area contributed by atoms with Gasteiger partial charge in [0, 0.05) is 0 Å². The van der Waals surface area contributed by atoms with Gasteiger partial charge in [-0.05, 0) is 24.8 Å². The first-order chi connectivity index (χ1) is 6.81. The summed E-state index contributed by atoms with van der Waals surface area (Å²) >= 11 is 0. The number of benzene rings is 1. The molecule has 14 heavy (non-hydrogen) atoms. The third kappa shape index (κ3) is 0.983. The molecule has 2 nitrogen and oxygen atoms in total. The maximum Gasteiger partial charge on any atom is 0.121 e. The fourth-order valence-corrected chi connectivity index (χ4v) is 2.67. The Hall–Kier alpha value is -0.860. The van der Waals surface area contributed by atoms with Gasteiger partial charge >= 0.3 is 0 Å². The normalized spacial score (nSPS) is 40.4. The molecule has 0 bridgehead atoms. The van der Waals surface area contributed by atoms with E-state index in [1.165, 1.54) is 0 Å². The van der Waals surface area contributed by atoms with Crippen LogP contribution in [0.1, 0.15) is 30.9 Å². The van der Waals surface area contributed by atoms with Crippen LogP contribution in [0.3, 0.4) is 0 Å². The molecule has 0 radical (unpaired) electrons. The van der Waals surface area contributed by atoms with E-state index >= 15 is 0 Å². The van der Waals surface area contributed by atoms with Gasteiger partial charge in [-0.3, -0.25) is 0 Å². The van der Waals surface area contributed by atoms with E-state index < -0.39 is 5.60 Å². The van der Waals surface area contributed by atoms with Crippen LogP contribution in [0.4, 0.5) is 0 Å². The van der Waals surface area contributed by atoms with Crippen LogP contribution in [0.25, 0.3) is 0 Å². The lowest BCUT2D eigenvalue weighted by Crippen LogP contribution is -2.56. The van der Waals surface area contributed by atoms with Crippen molar-refractivity contribution in [2.24, 2.45) is 0 Å². The van der Waals surface area contributed by atoms with Crippen molar-refractivity contribution in [1.29, 1.82) is 0 Å². The summed E-state index contributed by atoms with van der Waals surface area (Å²) in [5, 5.41) is 10.3. The molecule has 0 spiro atoms. The maximum atomic E-state index is 10.3. The van der Waals surface area contributed by atoms with Gasteiger partial charge in [0.25, 0.3) is 0 Å². The van der Waals surface area contributed by atoms with E-state index in [1.54, 1.807) is 0 Å². The van der Waals surface area contributed by atoms with E-state index in [0.717, 1.165) is 24.8 Å². The highest BCUT2D eigenvalue weighted by Crippen LogP contribution is 2.53. The molecule has 2 fully saturated rings.